The quantitative estimate of drug-likeness (QED) is 0.625. The molecule has 1 aliphatic rings. The summed E-state index contributed by atoms with van der Waals surface area (Å²) < 4.78 is 1.55. The fourth-order valence-corrected chi connectivity index (χ4v) is 4.04. The Labute approximate surface area is 173 Å². The number of carbonyl (C=O) groups is 2. The van der Waals surface area contributed by atoms with Crippen LogP contribution in [0.25, 0.3) is 0 Å². The highest BCUT2D eigenvalue weighted by atomic mass is 32.1. The van der Waals surface area contributed by atoms with Crippen LogP contribution in [0.3, 0.4) is 0 Å². The number of anilines is 1. The third-order valence-corrected chi connectivity index (χ3v) is 5.57. The molecule has 3 heterocycles. The monoisotopic (exact) mass is 421 g/mol. The first-order chi connectivity index (χ1) is 13.7. The summed E-state index contributed by atoms with van der Waals surface area (Å²) in [6.07, 6.45) is 2.94. The van der Waals surface area contributed by atoms with Gasteiger partial charge in [-0.15, -0.1) is 16.4 Å². The third-order valence-electron chi connectivity index (χ3n) is 4.84. The second kappa shape index (κ2) is 8.46. The Hall–Kier alpha value is -2.53. The van der Waals surface area contributed by atoms with Gasteiger partial charge in [-0.25, -0.2) is 9.67 Å². The van der Waals surface area contributed by atoms with Gasteiger partial charge in [-0.2, -0.15) is 0 Å². The van der Waals surface area contributed by atoms with Gasteiger partial charge < -0.3 is 20.6 Å². The average Bonchev–Trinajstić information content (AvgIpc) is 3.39. The zero-order valence-electron chi connectivity index (χ0n) is 17.0. The Morgan fingerprint density at radius 2 is 2.17 bits per heavy atom. The van der Waals surface area contributed by atoms with Gasteiger partial charge in [-0.3, -0.25) is 9.59 Å². The fraction of sp³-hybridized carbons (Fsp3) is 0.611. The van der Waals surface area contributed by atoms with E-state index in [2.05, 4.69) is 25.9 Å². The summed E-state index contributed by atoms with van der Waals surface area (Å²) in [7, 11) is 1.52. The molecule has 0 bridgehead atoms. The number of aliphatic hydroxyl groups excluding tert-OH is 1. The number of carbonyl (C=O) groups excluding carboxylic acids is 2. The minimum Gasteiger partial charge on any atom is -0.391 e. The number of aromatic nitrogens is 4. The van der Waals surface area contributed by atoms with Crippen molar-refractivity contribution in [2.45, 2.75) is 51.9 Å². The molecule has 2 amide bonds. The smallest absolute Gasteiger partial charge is 0.248 e. The lowest BCUT2D eigenvalue weighted by molar-refractivity contribution is -0.144. The van der Waals surface area contributed by atoms with Crippen LogP contribution in [0.4, 0.5) is 5.13 Å². The maximum Gasteiger partial charge on any atom is 0.248 e. The van der Waals surface area contributed by atoms with Crippen LogP contribution in [-0.4, -0.2) is 67.5 Å². The third kappa shape index (κ3) is 4.73. The van der Waals surface area contributed by atoms with Crippen LogP contribution >= 0.6 is 11.3 Å². The van der Waals surface area contributed by atoms with E-state index in [1.54, 1.807) is 17.1 Å². The van der Waals surface area contributed by atoms with Crippen LogP contribution in [0.5, 0.6) is 0 Å². The highest BCUT2D eigenvalue weighted by Gasteiger charge is 2.44. The minimum absolute atomic E-state index is 0.122. The number of likely N-dealkylation sites (N-methyl/N-ethyl adjacent to an activating group) is 1. The Balaban J connectivity index is 1.81. The number of aliphatic hydroxyl groups is 1. The van der Waals surface area contributed by atoms with Crippen LogP contribution in [0.15, 0.2) is 17.8 Å². The summed E-state index contributed by atoms with van der Waals surface area (Å²) in [6, 6.07) is -1.36. The van der Waals surface area contributed by atoms with Crippen LogP contribution in [0.2, 0.25) is 0 Å². The normalized spacial score (nSPS) is 20.5. The topological polar surface area (TPSA) is 125 Å². The zero-order valence-corrected chi connectivity index (χ0v) is 17.8. The van der Waals surface area contributed by atoms with E-state index in [0.717, 1.165) is 5.13 Å². The van der Waals surface area contributed by atoms with Crippen molar-refractivity contribution < 1.29 is 14.7 Å². The Morgan fingerprint density at radius 1 is 1.41 bits per heavy atom. The number of amides is 2. The van der Waals surface area contributed by atoms with Crippen molar-refractivity contribution >= 4 is 28.3 Å². The van der Waals surface area contributed by atoms with E-state index in [4.69, 9.17) is 0 Å². The summed E-state index contributed by atoms with van der Waals surface area (Å²) in [6.45, 7) is 6.36. The molecule has 29 heavy (non-hydrogen) atoms. The van der Waals surface area contributed by atoms with E-state index in [0.29, 0.717) is 12.2 Å². The van der Waals surface area contributed by atoms with Gasteiger partial charge in [0.15, 0.2) is 5.13 Å². The molecule has 3 N–H and O–H groups in total. The van der Waals surface area contributed by atoms with E-state index in [-0.39, 0.29) is 24.8 Å². The highest BCUT2D eigenvalue weighted by molar-refractivity contribution is 7.13. The van der Waals surface area contributed by atoms with E-state index >= 15 is 0 Å². The molecule has 0 aromatic carbocycles. The molecule has 1 saturated heterocycles. The summed E-state index contributed by atoms with van der Waals surface area (Å²) in [5, 5.41) is 26.8. The number of thiazole rings is 1. The molecular weight excluding hydrogens is 394 g/mol. The summed E-state index contributed by atoms with van der Waals surface area (Å²) in [5.41, 5.74) is 0.192. The van der Waals surface area contributed by atoms with Gasteiger partial charge in [0.05, 0.1) is 18.8 Å². The summed E-state index contributed by atoms with van der Waals surface area (Å²) in [4.78, 5) is 31.3. The predicted molar refractivity (Wildman–Crippen MR) is 108 cm³/mol. The van der Waals surface area contributed by atoms with Crippen molar-refractivity contribution in [1.29, 1.82) is 0 Å². The number of nitrogens with one attached hydrogen (secondary N) is 2. The molecule has 2 unspecified atom stereocenters. The molecule has 2 aromatic heterocycles. The molecule has 0 aliphatic carbocycles. The van der Waals surface area contributed by atoms with Crippen molar-refractivity contribution in [3.05, 3.63) is 23.5 Å². The first-order valence-electron chi connectivity index (χ1n) is 9.45. The van der Waals surface area contributed by atoms with Crippen molar-refractivity contribution in [3.8, 4) is 0 Å². The Bertz CT molecular complexity index is 846. The molecule has 0 saturated carbocycles. The number of likely N-dealkylation sites (tertiary alicyclic amines) is 1. The first kappa shape index (κ1) is 21.2. The SMILES string of the molecule is CNC(=O)[C@H]1CC(O)CN1C(=O)C(n1cc(CNc2nccs2)nn1)C(C)(C)C. The maximum atomic E-state index is 13.4. The summed E-state index contributed by atoms with van der Waals surface area (Å²) >= 11 is 1.49. The lowest BCUT2D eigenvalue weighted by Crippen LogP contribution is -2.49. The van der Waals surface area contributed by atoms with Crippen molar-refractivity contribution in [3.63, 3.8) is 0 Å². The van der Waals surface area contributed by atoms with Crippen LogP contribution < -0.4 is 10.6 Å². The zero-order chi connectivity index (χ0) is 21.2. The molecule has 1 fully saturated rings. The molecule has 10 nitrogen and oxygen atoms in total. The van der Waals surface area contributed by atoms with E-state index < -0.39 is 23.6 Å². The second-order valence-electron chi connectivity index (χ2n) is 8.16. The fourth-order valence-electron chi connectivity index (χ4n) is 3.51. The van der Waals surface area contributed by atoms with Crippen molar-refractivity contribution in [2.75, 3.05) is 18.9 Å². The van der Waals surface area contributed by atoms with E-state index in [1.165, 1.54) is 23.3 Å². The molecule has 158 valence electrons. The number of hydrogen-bond donors (Lipinski definition) is 3. The molecule has 2 aromatic rings. The molecule has 3 rings (SSSR count). The summed E-state index contributed by atoms with van der Waals surface area (Å²) in [5.74, 6) is -0.540. The molecular formula is C18H27N7O3S. The van der Waals surface area contributed by atoms with Gasteiger partial charge in [0.25, 0.3) is 0 Å². The molecule has 1 aliphatic heterocycles. The highest BCUT2D eigenvalue weighted by Crippen LogP contribution is 2.34. The predicted octanol–water partition coefficient (Wildman–Crippen LogP) is 0.642. The van der Waals surface area contributed by atoms with Crippen molar-refractivity contribution in [2.24, 2.45) is 5.41 Å². The molecule has 11 heteroatoms. The van der Waals surface area contributed by atoms with Crippen LogP contribution in [0, 0.1) is 5.41 Å². The van der Waals surface area contributed by atoms with Crippen LogP contribution in [-0.2, 0) is 16.1 Å². The minimum atomic E-state index is -0.726. The van der Waals surface area contributed by atoms with Gasteiger partial charge in [0.2, 0.25) is 11.8 Å². The van der Waals surface area contributed by atoms with E-state index in [1.807, 2.05) is 26.2 Å². The number of nitrogens with zero attached hydrogens (tertiary/aromatic N) is 5. The lowest BCUT2D eigenvalue weighted by Gasteiger charge is -2.34. The van der Waals surface area contributed by atoms with Crippen molar-refractivity contribution in [1.82, 2.24) is 30.2 Å². The first-order valence-corrected chi connectivity index (χ1v) is 10.3. The number of rotatable bonds is 6. The van der Waals surface area contributed by atoms with Gasteiger partial charge >= 0.3 is 0 Å². The van der Waals surface area contributed by atoms with Gasteiger partial charge in [0.1, 0.15) is 17.8 Å². The number of hydrogen-bond acceptors (Lipinski definition) is 8. The standard InChI is InChI=1S/C18H27N7O3S/c1-18(2,3)14(16(28)24-10-12(26)7-13(24)15(27)19-4)25-9-11(22-23-25)8-21-17-20-5-6-29-17/h5-6,9,12-14,26H,7-8,10H2,1-4H3,(H,19,27)(H,20,21)/t12?,13-,14?/m1/s1. The maximum absolute atomic E-state index is 13.4. The Morgan fingerprint density at radius 3 is 2.79 bits per heavy atom. The van der Waals surface area contributed by atoms with E-state index in [9.17, 15) is 14.7 Å². The van der Waals surface area contributed by atoms with Gasteiger partial charge in [-0.1, -0.05) is 26.0 Å². The number of β-amino-alcohol motifs (C(OH)–C–C–N with tert-alkyl or cyclic N) is 1. The van der Waals surface area contributed by atoms with Crippen LogP contribution in [0.1, 0.15) is 38.9 Å². The van der Waals surface area contributed by atoms with Gasteiger partial charge in [0, 0.05) is 31.6 Å². The average molecular weight is 422 g/mol. The molecule has 0 spiro atoms. The lowest BCUT2D eigenvalue weighted by atomic mass is 9.85. The molecule has 0 radical (unpaired) electrons. The molecule has 3 atom stereocenters. The largest absolute Gasteiger partial charge is 0.391 e. The second-order valence-corrected chi connectivity index (χ2v) is 9.05. The van der Waals surface area contributed by atoms with Gasteiger partial charge in [-0.05, 0) is 5.41 Å². The Kier molecular flexibility index (Phi) is 6.18.